The van der Waals surface area contributed by atoms with Gasteiger partial charge in [0, 0.05) is 21.1 Å². The normalized spacial score (nSPS) is 12.5. The van der Waals surface area contributed by atoms with E-state index in [0.717, 1.165) is 0 Å². The molecule has 0 aliphatic rings. The van der Waals surface area contributed by atoms with Gasteiger partial charge >= 0.3 is 0 Å². The van der Waals surface area contributed by atoms with Gasteiger partial charge in [0.05, 0.1) is 0 Å². The molecular weight excluding hydrogens is 199 g/mol. The van der Waals surface area contributed by atoms with Crippen molar-refractivity contribution in [2.24, 2.45) is 4.41 Å². The zero-order valence-corrected chi connectivity index (χ0v) is 11.6. The van der Waals surface area contributed by atoms with E-state index in [1.54, 1.807) is 19.0 Å². The van der Waals surface area contributed by atoms with Crippen LogP contribution < -0.4 is 0 Å². The minimum absolute atomic E-state index is 0.190. The molecule has 0 N–H and O–H groups in total. The predicted octanol–water partition coefficient (Wildman–Crippen LogP) is 2.96. The van der Waals surface area contributed by atoms with Crippen molar-refractivity contribution in [2.75, 3.05) is 27.4 Å². The first-order chi connectivity index (χ1) is 5.56. The fourth-order valence-corrected chi connectivity index (χ4v) is 8.60. The van der Waals surface area contributed by atoms with Crippen molar-refractivity contribution < 1.29 is 4.79 Å². The van der Waals surface area contributed by atoms with Crippen LogP contribution in [0.3, 0.4) is 0 Å². The Balaban J connectivity index is 4.97. The molecule has 0 aliphatic carbocycles. The van der Waals surface area contributed by atoms with E-state index in [0.29, 0.717) is 0 Å². The van der Waals surface area contributed by atoms with E-state index in [2.05, 4.69) is 19.6 Å². The van der Waals surface area contributed by atoms with Crippen LogP contribution in [0.5, 0.6) is 0 Å². The third-order valence-electron chi connectivity index (χ3n) is 1.40. The molecule has 0 bridgehead atoms. The Kier molecular flexibility index (Phi) is 3.94. The Morgan fingerprint density at radius 3 is 1.85 bits per heavy atom. The van der Waals surface area contributed by atoms with Crippen LogP contribution in [0.4, 0.5) is 4.79 Å². The molecule has 0 aromatic rings. The van der Waals surface area contributed by atoms with E-state index in [1.165, 1.54) is 0 Å². The standard InChI is InChI=1S/C8H21N2OPSi/c1-10(2)8(11)12(3,4)9-13(5,6)7/h1-7H3. The summed E-state index contributed by atoms with van der Waals surface area (Å²) in [6.07, 6.45) is 0. The SMILES string of the molecule is CN(C)C(=O)P(C)(C)=N[Si](C)(C)C. The van der Waals surface area contributed by atoms with Crippen LogP contribution in [0.1, 0.15) is 0 Å². The predicted molar refractivity (Wildman–Crippen MR) is 63.6 cm³/mol. The fourth-order valence-electron chi connectivity index (χ4n) is 1.28. The van der Waals surface area contributed by atoms with Gasteiger partial charge in [-0.15, -0.1) is 0 Å². The second kappa shape index (κ2) is 3.97. The number of rotatable bonds is 2. The van der Waals surface area contributed by atoms with Crippen LogP contribution in [-0.2, 0) is 0 Å². The Bertz CT molecular complexity index is 249. The first kappa shape index (κ1) is 12.9. The van der Waals surface area contributed by atoms with Crippen molar-refractivity contribution in [1.82, 2.24) is 4.90 Å². The van der Waals surface area contributed by atoms with Crippen molar-refractivity contribution in [3.8, 4) is 0 Å². The zero-order chi connectivity index (χ0) is 10.9. The first-order valence-corrected chi connectivity index (χ1v) is 10.4. The molecule has 0 unspecified atom stereocenters. The molecule has 0 spiro atoms. The number of amides is 1. The average molecular weight is 220 g/mol. The van der Waals surface area contributed by atoms with Crippen LogP contribution in [0.15, 0.2) is 4.41 Å². The summed E-state index contributed by atoms with van der Waals surface area (Å²) >= 11 is 0. The maximum absolute atomic E-state index is 11.7. The molecule has 0 fully saturated rings. The smallest absolute Gasteiger partial charge is 0.258 e. The summed E-state index contributed by atoms with van der Waals surface area (Å²) in [5.41, 5.74) is 0.190. The van der Waals surface area contributed by atoms with Gasteiger partial charge in [0.15, 0.2) is 8.24 Å². The molecule has 0 aliphatic heterocycles. The highest BCUT2D eigenvalue weighted by Crippen LogP contribution is 2.45. The van der Waals surface area contributed by atoms with Gasteiger partial charge in [-0.3, -0.25) is 4.79 Å². The number of hydrogen-bond donors (Lipinski definition) is 0. The highest BCUT2D eigenvalue weighted by Gasteiger charge is 2.23. The Morgan fingerprint density at radius 2 is 1.62 bits per heavy atom. The summed E-state index contributed by atoms with van der Waals surface area (Å²) in [6, 6.07) is 0. The van der Waals surface area contributed by atoms with Gasteiger partial charge in [0.2, 0.25) is 0 Å². The minimum atomic E-state index is -1.74. The summed E-state index contributed by atoms with van der Waals surface area (Å²) in [6.45, 7) is 10.5. The molecule has 5 heteroatoms. The second-order valence-electron chi connectivity index (χ2n) is 4.84. The van der Waals surface area contributed by atoms with Crippen LogP contribution in [0.25, 0.3) is 0 Å². The van der Waals surface area contributed by atoms with Crippen molar-refractivity contribution in [3.05, 3.63) is 0 Å². The first-order valence-electron chi connectivity index (χ1n) is 4.36. The van der Waals surface area contributed by atoms with Crippen molar-refractivity contribution in [1.29, 1.82) is 0 Å². The van der Waals surface area contributed by atoms with Crippen LogP contribution in [0, 0.1) is 0 Å². The topological polar surface area (TPSA) is 32.7 Å². The largest absolute Gasteiger partial charge is 0.344 e. The Hall–Kier alpha value is -0.0831. The average Bonchev–Trinajstić information content (AvgIpc) is 1.80. The highest BCUT2D eigenvalue weighted by molar-refractivity contribution is 7.81. The van der Waals surface area contributed by atoms with Gasteiger partial charge in [-0.1, -0.05) is 19.6 Å². The summed E-state index contributed by atoms with van der Waals surface area (Å²) in [5, 5.41) is 0. The van der Waals surface area contributed by atoms with E-state index in [4.69, 9.17) is 4.41 Å². The molecule has 0 heterocycles. The molecule has 3 nitrogen and oxygen atoms in total. The Morgan fingerprint density at radius 1 is 1.23 bits per heavy atom. The molecule has 0 aromatic carbocycles. The van der Waals surface area contributed by atoms with Gasteiger partial charge < -0.3 is 9.31 Å². The summed E-state index contributed by atoms with van der Waals surface area (Å²) in [4.78, 5) is 13.4. The fraction of sp³-hybridized carbons (Fsp3) is 0.875. The molecule has 1 amide bonds. The lowest BCUT2D eigenvalue weighted by molar-refractivity contribution is 0.240. The van der Waals surface area contributed by atoms with E-state index in [-0.39, 0.29) is 5.65 Å². The number of carbonyl (C=O) groups excluding carboxylic acids is 1. The summed E-state index contributed by atoms with van der Waals surface area (Å²) in [5.74, 6) is 0. The summed E-state index contributed by atoms with van der Waals surface area (Å²) in [7, 11) is 0.379. The molecule has 0 rings (SSSR count). The number of carbonyl (C=O) groups is 1. The molecule has 0 radical (unpaired) electrons. The highest BCUT2D eigenvalue weighted by atomic mass is 31.2. The monoisotopic (exact) mass is 220 g/mol. The quantitative estimate of drug-likeness (QED) is 0.520. The maximum atomic E-state index is 11.7. The number of nitrogens with zero attached hydrogens (tertiary/aromatic N) is 2. The third kappa shape index (κ3) is 4.63. The van der Waals surface area contributed by atoms with E-state index >= 15 is 0 Å². The molecule has 0 saturated carbocycles. The van der Waals surface area contributed by atoms with Crippen LogP contribution in [0.2, 0.25) is 19.6 Å². The van der Waals surface area contributed by atoms with Gasteiger partial charge in [0.1, 0.15) is 0 Å². The molecule has 0 saturated heterocycles. The van der Waals surface area contributed by atoms with E-state index < -0.39 is 15.3 Å². The van der Waals surface area contributed by atoms with Gasteiger partial charge in [-0.2, -0.15) is 0 Å². The molecule has 0 aromatic heterocycles. The second-order valence-corrected chi connectivity index (χ2v) is 13.2. The Labute approximate surface area is 82.7 Å². The maximum Gasteiger partial charge on any atom is 0.258 e. The van der Waals surface area contributed by atoms with E-state index in [1.807, 2.05) is 13.3 Å². The lowest BCUT2D eigenvalue weighted by atomic mass is 11.0. The van der Waals surface area contributed by atoms with Crippen molar-refractivity contribution in [3.63, 3.8) is 0 Å². The molecule has 13 heavy (non-hydrogen) atoms. The minimum Gasteiger partial charge on any atom is -0.344 e. The molecular formula is C8H21N2OPSi. The van der Waals surface area contributed by atoms with Gasteiger partial charge in [-0.05, 0) is 13.3 Å². The van der Waals surface area contributed by atoms with Crippen molar-refractivity contribution in [2.45, 2.75) is 19.6 Å². The number of hydrogen-bond acceptors (Lipinski definition) is 2. The zero-order valence-electron chi connectivity index (χ0n) is 9.75. The molecule has 78 valence electrons. The molecule has 0 atom stereocenters. The lowest BCUT2D eigenvalue weighted by Gasteiger charge is -2.23. The lowest BCUT2D eigenvalue weighted by Crippen LogP contribution is -2.23. The third-order valence-corrected chi connectivity index (χ3v) is 7.14. The van der Waals surface area contributed by atoms with E-state index in [9.17, 15) is 4.79 Å². The van der Waals surface area contributed by atoms with Crippen LogP contribution >= 0.6 is 7.05 Å². The van der Waals surface area contributed by atoms with Crippen molar-refractivity contribution >= 4 is 20.9 Å². The van der Waals surface area contributed by atoms with Gasteiger partial charge in [0.25, 0.3) is 5.65 Å². The van der Waals surface area contributed by atoms with Gasteiger partial charge in [-0.25, -0.2) is 0 Å². The van der Waals surface area contributed by atoms with Crippen LogP contribution in [-0.4, -0.2) is 46.2 Å². The summed E-state index contributed by atoms with van der Waals surface area (Å²) < 4.78 is 4.72.